The Kier molecular flexibility index (Phi) is 3.87. The number of rotatable bonds is 5. The van der Waals surface area contributed by atoms with E-state index in [0.29, 0.717) is 6.61 Å². The van der Waals surface area contributed by atoms with E-state index in [1.54, 1.807) is 6.20 Å². The number of nitrogens with zero attached hydrogens (tertiary/aromatic N) is 2. The first-order chi connectivity index (χ1) is 8.66. The normalized spacial score (nSPS) is 10.6. The van der Waals surface area contributed by atoms with Crippen molar-refractivity contribution in [2.45, 2.75) is 26.8 Å². The van der Waals surface area contributed by atoms with Gasteiger partial charge in [0.05, 0.1) is 18.6 Å². The van der Waals surface area contributed by atoms with Gasteiger partial charge in [-0.15, -0.1) is 0 Å². The molecule has 0 saturated carbocycles. The highest BCUT2D eigenvalue weighted by molar-refractivity contribution is 5.58. The average Bonchev–Trinajstić information content (AvgIpc) is 2.79. The zero-order chi connectivity index (χ0) is 13.0. The fraction of sp³-hybridized carbons (Fsp3) is 0.357. The van der Waals surface area contributed by atoms with Gasteiger partial charge < -0.3 is 15.0 Å². The van der Waals surface area contributed by atoms with E-state index in [-0.39, 0.29) is 0 Å². The summed E-state index contributed by atoms with van der Waals surface area (Å²) in [6.45, 7) is 5.62. The lowest BCUT2D eigenvalue weighted by molar-refractivity contribution is 0.301. The Morgan fingerprint density at radius 3 is 2.83 bits per heavy atom. The number of ether oxygens (including phenoxy) is 1. The number of aromatic nitrogens is 2. The van der Waals surface area contributed by atoms with Gasteiger partial charge in [-0.1, -0.05) is 6.07 Å². The van der Waals surface area contributed by atoms with Gasteiger partial charge in [-0.05, 0) is 37.5 Å². The first kappa shape index (κ1) is 12.5. The van der Waals surface area contributed by atoms with Crippen LogP contribution in [0.5, 0.6) is 5.75 Å². The molecule has 4 heteroatoms. The summed E-state index contributed by atoms with van der Waals surface area (Å²) in [5.41, 5.74) is 8.93. The summed E-state index contributed by atoms with van der Waals surface area (Å²) in [6.07, 6.45) is 6.48. The van der Waals surface area contributed by atoms with Crippen LogP contribution in [0.3, 0.4) is 0 Å². The number of benzene rings is 1. The molecular formula is C14H19N3O. The molecule has 2 N–H and O–H groups in total. The standard InChI is InChI=1S/C14H19N3O/c1-11-8-12(2)14(13(15)9-11)18-7-3-5-17-6-4-16-10-17/h4,6,8-10H,3,5,7,15H2,1-2H3. The molecule has 2 aromatic rings. The molecule has 0 aliphatic rings. The van der Waals surface area contributed by atoms with Crippen molar-refractivity contribution in [1.29, 1.82) is 0 Å². The lowest BCUT2D eigenvalue weighted by atomic mass is 10.1. The van der Waals surface area contributed by atoms with Crippen molar-refractivity contribution < 1.29 is 4.74 Å². The molecule has 0 spiro atoms. The first-order valence-corrected chi connectivity index (χ1v) is 6.12. The number of hydrogen-bond acceptors (Lipinski definition) is 3. The van der Waals surface area contributed by atoms with Crippen LogP contribution in [0.15, 0.2) is 30.9 Å². The van der Waals surface area contributed by atoms with E-state index in [9.17, 15) is 0 Å². The van der Waals surface area contributed by atoms with Crippen LogP contribution >= 0.6 is 0 Å². The van der Waals surface area contributed by atoms with Crippen molar-refractivity contribution in [1.82, 2.24) is 9.55 Å². The molecule has 0 radical (unpaired) electrons. The first-order valence-electron chi connectivity index (χ1n) is 6.12. The van der Waals surface area contributed by atoms with Gasteiger partial charge in [0, 0.05) is 18.9 Å². The highest BCUT2D eigenvalue weighted by Crippen LogP contribution is 2.27. The maximum Gasteiger partial charge on any atom is 0.145 e. The van der Waals surface area contributed by atoms with Gasteiger partial charge >= 0.3 is 0 Å². The Labute approximate surface area is 107 Å². The number of nitrogen functional groups attached to an aromatic ring is 1. The van der Waals surface area contributed by atoms with Gasteiger partial charge in [-0.2, -0.15) is 0 Å². The van der Waals surface area contributed by atoms with Gasteiger partial charge in [0.25, 0.3) is 0 Å². The van der Waals surface area contributed by atoms with E-state index in [1.807, 2.05) is 37.0 Å². The van der Waals surface area contributed by atoms with Crippen LogP contribution in [0.4, 0.5) is 5.69 Å². The summed E-state index contributed by atoms with van der Waals surface area (Å²) in [7, 11) is 0. The summed E-state index contributed by atoms with van der Waals surface area (Å²) in [6, 6.07) is 4.03. The third-order valence-corrected chi connectivity index (χ3v) is 2.81. The zero-order valence-corrected chi connectivity index (χ0v) is 10.9. The maximum atomic E-state index is 5.96. The van der Waals surface area contributed by atoms with Crippen LogP contribution in [-0.2, 0) is 6.54 Å². The summed E-state index contributed by atoms with van der Waals surface area (Å²) < 4.78 is 7.80. The van der Waals surface area contributed by atoms with Crippen LogP contribution in [0.25, 0.3) is 0 Å². The molecular weight excluding hydrogens is 226 g/mol. The second-order valence-electron chi connectivity index (χ2n) is 4.50. The van der Waals surface area contributed by atoms with Crippen molar-refractivity contribution in [3.63, 3.8) is 0 Å². The Hall–Kier alpha value is -1.97. The Morgan fingerprint density at radius 2 is 2.17 bits per heavy atom. The monoisotopic (exact) mass is 245 g/mol. The van der Waals surface area contributed by atoms with Crippen LogP contribution in [0, 0.1) is 13.8 Å². The maximum absolute atomic E-state index is 5.96. The fourth-order valence-corrected chi connectivity index (χ4v) is 2.02. The molecule has 0 amide bonds. The summed E-state index contributed by atoms with van der Waals surface area (Å²) >= 11 is 0. The Balaban J connectivity index is 1.87. The SMILES string of the molecule is Cc1cc(C)c(OCCCn2ccnc2)c(N)c1. The van der Waals surface area contributed by atoms with Gasteiger partial charge in [0.1, 0.15) is 5.75 Å². The Morgan fingerprint density at radius 1 is 1.33 bits per heavy atom. The smallest absolute Gasteiger partial charge is 0.145 e. The molecule has 0 aliphatic heterocycles. The molecule has 0 atom stereocenters. The topological polar surface area (TPSA) is 53.1 Å². The quantitative estimate of drug-likeness (QED) is 0.650. The lowest BCUT2D eigenvalue weighted by Crippen LogP contribution is -2.05. The number of nitrogens with two attached hydrogens (primary N) is 1. The van der Waals surface area contributed by atoms with E-state index in [2.05, 4.69) is 11.1 Å². The summed E-state index contributed by atoms with van der Waals surface area (Å²) in [5.74, 6) is 0.811. The molecule has 0 bridgehead atoms. The van der Waals surface area contributed by atoms with Gasteiger partial charge in [-0.25, -0.2) is 4.98 Å². The third kappa shape index (κ3) is 3.03. The largest absolute Gasteiger partial charge is 0.491 e. The molecule has 2 rings (SSSR count). The molecule has 1 aromatic heterocycles. The fourth-order valence-electron chi connectivity index (χ4n) is 2.02. The predicted molar refractivity (Wildman–Crippen MR) is 72.7 cm³/mol. The molecule has 96 valence electrons. The van der Waals surface area contributed by atoms with E-state index in [1.165, 1.54) is 0 Å². The Bertz CT molecular complexity index is 483. The van der Waals surface area contributed by atoms with Crippen LogP contribution in [0.2, 0.25) is 0 Å². The second-order valence-corrected chi connectivity index (χ2v) is 4.50. The molecule has 1 aromatic carbocycles. The molecule has 0 unspecified atom stereocenters. The predicted octanol–water partition coefficient (Wildman–Crippen LogP) is 2.55. The van der Waals surface area contributed by atoms with Crippen LogP contribution in [0.1, 0.15) is 17.5 Å². The minimum absolute atomic E-state index is 0.659. The van der Waals surface area contributed by atoms with Crippen molar-refractivity contribution in [2.75, 3.05) is 12.3 Å². The summed E-state index contributed by atoms with van der Waals surface area (Å²) in [4.78, 5) is 4.00. The molecule has 0 aliphatic carbocycles. The van der Waals surface area contributed by atoms with E-state index >= 15 is 0 Å². The number of aryl methyl sites for hydroxylation is 3. The molecule has 18 heavy (non-hydrogen) atoms. The minimum atomic E-state index is 0.659. The molecule has 0 saturated heterocycles. The third-order valence-electron chi connectivity index (χ3n) is 2.81. The van der Waals surface area contributed by atoms with E-state index in [0.717, 1.165) is 35.5 Å². The van der Waals surface area contributed by atoms with E-state index in [4.69, 9.17) is 10.5 Å². The van der Waals surface area contributed by atoms with Crippen molar-refractivity contribution in [3.8, 4) is 5.75 Å². The lowest BCUT2D eigenvalue weighted by Gasteiger charge is -2.12. The van der Waals surface area contributed by atoms with Gasteiger partial charge in [0.15, 0.2) is 0 Å². The molecule has 0 fully saturated rings. The highest BCUT2D eigenvalue weighted by atomic mass is 16.5. The van der Waals surface area contributed by atoms with Crippen LogP contribution < -0.4 is 10.5 Å². The number of anilines is 1. The highest BCUT2D eigenvalue weighted by Gasteiger charge is 2.05. The summed E-state index contributed by atoms with van der Waals surface area (Å²) in [5, 5.41) is 0. The van der Waals surface area contributed by atoms with Gasteiger partial charge in [-0.3, -0.25) is 0 Å². The van der Waals surface area contributed by atoms with Crippen molar-refractivity contribution in [3.05, 3.63) is 42.0 Å². The number of imidazole rings is 1. The molecule has 1 heterocycles. The minimum Gasteiger partial charge on any atom is -0.491 e. The van der Waals surface area contributed by atoms with E-state index < -0.39 is 0 Å². The van der Waals surface area contributed by atoms with Gasteiger partial charge in [0.2, 0.25) is 0 Å². The zero-order valence-electron chi connectivity index (χ0n) is 10.9. The van der Waals surface area contributed by atoms with Crippen LogP contribution in [-0.4, -0.2) is 16.2 Å². The second kappa shape index (κ2) is 5.58. The van der Waals surface area contributed by atoms with Crippen molar-refractivity contribution in [2.24, 2.45) is 0 Å². The number of hydrogen-bond donors (Lipinski definition) is 1. The van der Waals surface area contributed by atoms with Crippen molar-refractivity contribution >= 4 is 5.69 Å². The average molecular weight is 245 g/mol. The molecule has 4 nitrogen and oxygen atoms in total.